The molecule has 4 nitrogen and oxygen atoms in total. The number of alkyl halides is 2. The zero-order chi connectivity index (χ0) is 11.2. The van der Waals surface area contributed by atoms with Crippen LogP contribution in [0.5, 0.6) is 0 Å². The summed E-state index contributed by atoms with van der Waals surface area (Å²) in [7, 11) is 0. The van der Waals surface area contributed by atoms with Crippen molar-refractivity contribution in [3.05, 3.63) is 11.1 Å². The summed E-state index contributed by atoms with van der Waals surface area (Å²) in [5.41, 5.74) is 0.0645. The highest BCUT2D eigenvalue weighted by molar-refractivity contribution is 8.02. The van der Waals surface area contributed by atoms with E-state index in [9.17, 15) is 18.7 Å². The molecule has 2 heterocycles. The van der Waals surface area contributed by atoms with Gasteiger partial charge in [0.25, 0.3) is 5.91 Å². The van der Waals surface area contributed by atoms with E-state index in [0.717, 1.165) is 4.90 Å². The molecule has 2 aliphatic rings. The minimum Gasteiger partial charge on any atom is -0.384 e. The van der Waals surface area contributed by atoms with Crippen molar-refractivity contribution in [1.82, 2.24) is 4.90 Å². The van der Waals surface area contributed by atoms with Gasteiger partial charge < -0.3 is 15.1 Å². The predicted molar refractivity (Wildman–Crippen MR) is 49.2 cm³/mol. The molecule has 0 spiro atoms. The summed E-state index contributed by atoms with van der Waals surface area (Å²) in [4.78, 5) is 12.1. The van der Waals surface area contributed by atoms with Gasteiger partial charge in [-0.2, -0.15) is 8.78 Å². The van der Waals surface area contributed by atoms with Gasteiger partial charge in [-0.15, -0.1) is 11.8 Å². The molecule has 0 aromatic heterocycles. The maximum absolute atomic E-state index is 13.2. The zero-order valence-corrected chi connectivity index (χ0v) is 8.38. The molecule has 0 aliphatic carbocycles. The molecule has 2 rings (SSSR count). The fourth-order valence-corrected chi connectivity index (χ4v) is 2.44. The fourth-order valence-electron chi connectivity index (χ4n) is 1.60. The van der Waals surface area contributed by atoms with E-state index in [1.54, 1.807) is 0 Å². The molecule has 0 unspecified atom stereocenters. The third-order valence-electron chi connectivity index (χ3n) is 2.45. The first-order valence-electron chi connectivity index (χ1n) is 4.34. The molecule has 7 heteroatoms. The molecule has 2 N–H and O–H groups in total. The first-order chi connectivity index (χ1) is 6.96. The van der Waals surface area contributed by atoms with E-state index in [1.165, 1.54) is 17.2 Å². The number of fused-ring (bicyclic) bond motifs is 1. The summed E-state index contributed by atoms with van der Waals surface area (Å²) < 4.78 is 26.4. The molecule has 2 atom stereocenters. The molecule has 0 radical (unpaired) electrons. The number of thioether (sulfide) groups is 1. The SMILES string of the molecule is O=C1N2CCSC=C2[C@@H](O)[C@H](O)C1(F)F. The second kappa shape index (κ2) is 3.43. The lowest BCUT2D eigenvalue weighted by Gasteiger charge is -2.41. The number of halogens is 2. The van der Waals surface area contributed by atoms with Gasteiger partial charge in [-0.25, -0.2) is 0 Å². The monoisotopic (exact) mass is 237 g/mol. The van der Waals surface area contributed by atoms with Crippen LogP contribution in [0.1, 0.15) is 0 Å². The minimum absolute atomic E-state index is 0.0645. The summed E-state index contributed by atoms with van der Waals surface area (Å²) in [5.74, 6) is -4.83. The van der Waals surface area contributed by atoms with Gasteiger partial charge in [0.05, 0.1) is 5.70 Å². The number of hydrogen-bond acceptors (Lipinski definition) is 4. The molecule has 0 aromatic carbocycles. The van der Waals surface area contributed by atoms with E-state index in [4.69, 9.17) is 5.11 Å². The molecule has 0 bridgehead atoms. The molecule has 0 aromatic rings. The molecular formula is C8H9F2NO3S. The van der Waals surface area contributed by atoms with Gasteiger partial charge in [0.15, 0.2) is 6.10 Å². The second-order valence-corrected chi connectivity index (χ2v) is 4.36. The Morgan fingerprint density at radius 2 is 2.20 bits per heavy atom. The Morgan fingerprint density at radius 1 is 1.53 bits per heavy atom. The second-order valence-electron chi connectivity index (χ2n) is 3.38. The standard InChI is InChI=1S/C8H9F2NO3S/c9-8(10)6(13)5(12)4-3-15-2-1-11(4)7(8)14/h3,5-6,12-13H,1-2H2/t5-,6+/m1/s1. The Kier molecular flexibility index (Phi) is 2.48. The fraction of sp³-hybridized carbons (Fsp3) is 0.625. The molecule has 1 amide bonds. The van der Waals surface area contributed by atoms with Gasteiger partial charge in [-0.3, -0.25) is 4.79 Å². The quantitative estimate of drug-likeness (QED) is 0.611. The maximum Gasteiger partial charge on any atom is 0.353 e. The van der Waals surface area contributed by atoms with Gasteiger partial charge in [-0.05, 0) is 5.41 Å². The minimum atomic E-state index is -3.90. The molecule has 15 heavy (non-hydrogen) atoms. The number of nitrogens with zero attached hydrogens (tertiary/aromatic N) is 1. The summed E-state index contributed by atoms with van der Waals surface area (Å²) >= 11 is 1.32. The van der Waals surface area contributed by atoms with Crippen LogP contribution in [0.4, 0.5) is 8.78 Å². The van der Waals surface area contributed by atoms with Gasteiger partial charge in [0.1, 0.15) is 6.10 Å². The zero-order valence-electron chi connectivity index (χ0n) is 7.56. The van der Waals surface area contributed by atoms with E-state index in [-0.39, 0.29) is 12.2 Å². The van der Waals surface area contributed by atoms with Crippen molar-refractivity contribution in [3.63, 3.8) is 0 Å². The predicted octanol–water partition coefficient (Wildman–Crippen LogP) is -0.226. The Morgan fingerprint density at radius 3 is 2.87 bits per heavy atom. The third-order valence-corrected chi connectivity index (χ3v) is 3.28. The van der Waals surface area contributed by atoms with Gasteiger partial charge in [-0.1, -0.05) is 0 Å². The lowest BCUT2D eigenvalue weighted by Crippen LogP contribution is -2.62. The lowest BCUT2D eigenvalue weighted by atomic mass is 9.97. The van der Waals surface area contributed by atoms with Crippen LogP contribution < -0.4 is 0 Å². The van der Waals surface area contributed by atoms with Crippen LogP contribution in [0.3, 0.4) is 0 Å². The highest BCUT2D eigenvalue weighted by Crippen LogP contribution is 2.36. The number of aliphatic hydroxyl groups excluding tert-OH is 2. The summed E-state index contributed by atoms with van der Waals surface area (Å²) in [5, 5.41) is 20.0. The topological polar surface area (TPSA) is 60.8 Å². The number of piperidine rings is 1. The van der Waals surface area contributed by atoms with Crippen LogP contribution in [0.2, 0.25) is 0 Å². The number of aliphatic hydroxyl groups is 2. The van der Waals surface area contributed by atoms with E-state index >= 15 is 0 Å². The smallest absolute Gasteiger partial charge is 0.353 e. The normalized spacial score (nSPS) is 34.8. The summed E-state index contributed by atoms with van der Waals surface area (Å²) in [6, 6.07) is 0. The van der Waals surface area contributed by atoms with Crippen molar-refractivity contribution < 1.29 is 23.8 Å². The van der Waals surface area contributed by atoms with Crippen molar-refractivity contribution in [2.75, 3.05) is 12.3 Å². The first-order valence-corrected chi connectivity index (χ1v) is 5.38. The van der Waals surface area contributed by atoms with Crippen molar-refractivity contribution >= 4 is 17.7 Å². The van der Waals surface area contributed by atoms with Crippen molar-refractivity contribution in [2.24, 2.45) is 0 Å². The third kappa shape index (κ3) is 1.45. The number of amides is 1. The summed E-state index contributed by atoms with van der Waals surface area (Å²) in [6.45, 7) is 0.134. The average molecular weight is 237 g/mol. The number of carbonyl (C=O) groups is 1. The average Bonchev–Trinajstić information content (AvgIpc) is 2.24. The van der Waals surface area contributed by atoms with E-state index in [1.807, 2.05) is 0 Å². The number of rotatable bonds is 0. The molecule has 0 saturated carbocycles. The Labute approximate surface area is 88.6 Å². The van der Waals surface area contributed by atoms with Gasteiger partial charge in [0, 0.05) is 12.3 Å². The largest absolute Gasteiger partial charge is 0.384 e. The molecule has 1 fully saturated rings. The van der Waals surface area contributed by atoms with Crippen LogP contribution in [-0.4, -0.2) is 51.4 Å². The first kappa shape index (κ1) is 10.8. The number of carbonyl (C=O) groups excluding carboxylic acids is 1. The van der Waals surface area contributed by atoms with Crippen LogP contribution in [0.25, 0.3) is 0 Å². The number of hydrogen-bond donors (Lipinski definition) is 2. The van der Waals surface area contributed by atoms with Crippen LogP contribution >= 0.6 is 11.8 Å². The van der Waals surface area contributed by atoms with Crippen LogP contribution in [0.15, 0.2) is 11.1 Å². The van der Waals surface area contributed by atoms with E-state index in [0.29, 0.717) is 5.75 Å². The van der Waals surface area contributed by atoms with E-state index < -0.39 is 24.0 Å². The van der Waals surface area contributed by atoms with Gasteiger partial charge in [0.2, 0.25) is 0 Å². The molecule has 84 valence electrons. The van der Waals surface area contributed by atoms with Crippen molar-refractivity contribution in [2.45, 2.75) is 18.1 Å². The van der Waals surface area contributed by atoms with Crippen molar-refractivity contribution in [3.8, 4) is 0 Å². The summed E-state index contributed by atoms with van der Waals surface area (Å²) in [6.07, 6.45) is -4.06. The highest BCUT2D eigenvalue weighted by Gasteiger charge is 2.58. The molecular weight excluding hydrogens is 228 g/mol. The van der Waals surface area contributed by atoms with Crippen LogP contribution in [0, 0.1) is 0 Å². The Balaban J connectivity index is 2.40. The highest BCUT2D eigenvalue weighted by atomic mass is 32.2. The maximum atomic E-state index is 13.2. The molecule has 1 saturated heterocycles. The van der Waals surface area contributed by atoms with Crippen molar-refractivity contribution in [1.29, 1.82) is 0 Å². The lowest BCUT2D eigenvalue weighted by molar-refractivity contribution is -0.196. The Bertz CT molecular complexity index is 334. The van der Waals surface area contributed by atoms with Gasteiger partial charge >= 0.3 is 5.92 Å². The van der Waals surface area contributed by atoms with Crippen LogP contribution in [-0.2, 0) is 4.79 Å². The Hall–Kier alpha value is -0.660. The van der Waals surface area contributed by atoms with E-state index in [2.05, 4.69) is 0 Å². The molecule has 2 aliphatic heterocycles.